The Morgan fingerprint density at radius 3 is 2.93 bits per heavy atom. The fraction of sp³-hybridized carbons (Fsp3) is 0.625. The van der Waals surface area contributed by atoms with Crippen LogP contribution in [0.25, 0.3) is 0 Å². The van der Waals surface area contributed by atoms with Crippen molar-refractivity contribution >= 4 is 21.8 Å². The predicted octanol–water partition coefficient (Wildman–Crippen LogP) is 0.831. The third-order valence-electron chi connectivity index (χ3n) is 1.83. The van der Waals surface area contributed by atoms with E-state index >= 15 is 0 Å². The summed E-state index contributed by atoms with van der Waals surface area (Å²) in [6.07, 6.45) is 6.56. The van der Waals surface area contributed by atoms with Gasteiger partial charge in [0.2, 0.25) is 0 Å². The van der Waals surface area contributed by atoms with Crippen LogP contribution >= 0.6 is 11.8 Å². The van der Waals surface area contributed by atoms with Gasteiger partial charge in [0.1, 0.15) is 0 Å². The van der Waals surface area contributed by atoms with Gasteiger partial charge in [0.25, 0.3) is 10.0 Å². The average Bonchev–Trinajstić information content (AvgIpc) is 2.70. The van der Waals surface area contributed by atoms with Crippen LogP contribution in [0.15, 0.2) is 17.6 Å². The molecule has 86 valence electrons. The molecular formula is C8H15N3O2S2. The van der Waals surface area contributed by atoms with E-state index in [0.29, 0.717) is 6.54 Å². The van der Waals surface area contributed by atoms with Crippen LogP contribution in [0, 0.1) is 0 Å². The summed E-state index contributed by atoms with van der Waals surface area (Å²) in [4.78, 5) is 6.23. The minimum absolute atomic E-state index is 0.118. The molecule has 1 heterocycles. The molecule has 0 amide bonds. The van der Waals surface area contributed by atoms with Crippen LogP contribution in [0.4, 0.5) is 0 Å². The second-order valence-electron chi connectivity index (χ2n) is 3.01. The van der Waals surface area contributed by atoms with Crippen molar-refractivity contribution in [3.05, 3.63) is 12.5 Å². The summed E-state index contributed by atoms with van der Waals surface area (Å²) in [5.41, 5.74) is 0. The number of hydrogen-bond donors (Lipinski definition) is 2. The smallest absolute Gasteiger partial charge is 0.257 e. The molecule has 0 aliphatic heterocycles. The zero-order valence-electron chi connectivity index (χ0n) is 8.56. The van der Waals surface area contributed by atoms with E-state index in [4.69, 9.17) is 0 Å². The molecule has 2 N–H and O–H groups in total. The number of unbranched alkanes of at least 4 members (excludes halogenated alkanes) is 1. The first-order chi connectivity index (χ1) is 7.17. The van der Waals surface area contributed by atoms with E-state index in [1.807, 2.05) is 6.26 Å². The molecule has 1 aromatic heterocycles. The second-order valence-corrected chi connectivity index (χ2v) is 5.73. The summed E-state index contributed by atoms with van der Waals surface area (Å²) in [6, 6.07) is 0. The van der Waals surface area contributed by atoms with Gasteiger partial charge in [-0.2, -0.15) is 11.8 Å². The first-order valence-corrected chi connectivity index (χ1v) is 7.51. The van der Waals surface area contributed by atoms with Crippen LogP contribution in [0.2, 0.25) is 0 Å². The van der Waals surface area contributed by atoms with Gasteiger partial charge in [-0.25, -0.2) is 18.1 Å². The highest BCUT2D eigenvalue weighted by atomic mass is 32.2. The Labute approximate surface area is 94.1 Å². The summed E-state index contributed by atoms with van der Waals surface area (Å²) in [5, 5.41) is 0.118. The van der Waals surface area contributed by atoms with Gasteiger partial charge >= 0.3 is 0 Å². The van der Waals surface area contributed by atoms with Gasteiger partial charge in [0.05, 0.1) is 12.5 Å². The molecule has 0 atom stereocenters. The van der Waals surface area contributed by atoms with Crippen molar-refractivity contribution in [1.82, 2.24) is 14.7 Å². The lowest BCUT2D eigenvalue weighted by Crippen LogP contribution is -2.25. The number of sulfonamides is 1. The highest BCUT2D eigenvalue weighted by molar-refractivity contribution is 7.98. The molecule has 0 radical (unpaired) electrons. The van der Waals surface area contributed by atoms with Gasteiger partial charge in [-0.05, 0) is 24.9 Å². The molecule has 0 saturated heterocycles. The third-order valence-corrected chi connectivity index (χ3v) is 3.91. The maximum absolute atomic E-state index is 11.5. The monoisotopic (exact) mass is 249 g/mol. The summed E-state index contributed by atoms with van der Waals surface area (Å²) in [7, 11) is -3.38. The maximum atomic E-state index is 11.5. The zero-order valence-corrected chi connectivity index (χ0v) is 10.2. The Morgan fingerprint density at radius 1 is 1.53 bits per heavy atom. The summed E-state index contributed by atoms with van der Waals surface area (Å²) in [6.45, 7) is 0.474. The fourth-order valence-corrected chi connectivity index (χ4v) is 2.51. The van der Waals surface area contributed by atoms with E-state index in [-0.39, 0.29) is 5.03 Å². The summed E-state index contributed by atoms with van der Waals surface area (Å²) >= 11 is 1.76. The third kappa shape index (κ3) is 4.23. The Hall–Kier alpha value is -0.530. The normalized spacial score (nSPS) is 11.8. The van der Waals surface area contributed by atoms with Crippen molar-refractivity contribution in [2.75, 3.05) is 18.6 Å². The van der Waals surface area contributed by atoms with E-state index in [1.54, 1.807) is 11.8 Å². The van der Waals surface area contributed by atoms with Crippen molar-refractivity contribution in [2.24, 2.45) is 0 Å². The predicted molar refractivity (Wildman–Crippen MR) is 61.4 cm³/mol. The van der Waals surface area contributed by atoms with Gasteiger partial charge < -0.3 is 4.98 Å². The van der Waals surface area contributed by atoms with E-state index in [2.05, 4.69) is 14.7 Å². The van der Waals surface area contributed by atoms with Gasteiger partial charge in [-0.3, -0.25) is 0 Å². The van der Waals surface area contributed by atoms with Crippen molar-refractivity contribution in [1.29, 1.82) is 0 Å². The lowest BCUT2D eigenvalue weighted by atomic mass is 10.3. The van der Waals surface area contributed by atoms with Crippen molar-refractivity contribution in [3.63, 3.8) is 0 Å². The Balaban J connectivity index is 2.32. The van der Waals surface area contributed by atoms with Crippen LogP contribution in [0.3, 0.4) is 0 Å². The van der Waals surface area contributed by atoms with E-state index < -0.39 is 10.0 Å². The van der Waals surface area contributed by atoms with Crippen LogP contribution in [0.1, 0.15) is 12.8 Å². The Morgan fingerprint density at radius 2 is 2.33 bits per heavy atom. The number of aromatic amines is 1. The van der Waals surface area contributed by atoms with Crippen LogP contribution in [-0.2, 0) is 10.0 Å². The first-order valence-electron chi connectivity index (χ1n) is 4.64. The maximum Gasteiger partial charge on any atom is 0.257 e. The molecule has 15 heavy (non-hydrogen) atoms. The standard InChI is InChI=1S/C8H15N3O2S2/c1-14-5-3-2-4-11-15(12,13)8-6-9-7-10-8/h6-7,11H,2-5H2,1H3,(H,9,10). The number of nitrogens with one attached hydrogen (secondary N) is 2. The summed E-state index contributed by atoms with van der Waals surface area (Å²) in [5.74, 6) is 1.06. The molecule has 0 saturated carbocycles. The quantitative estimate of drug-likeness (QED) is 0.702. The number of rotatable bonds is 7. The molecule has 1 aromatic rings. The number of nitrogens with zero attached hydrogens (tertiary/aromatic N) is 1. The summed E-state index contributed by atoms with van der Waals surface area (Å²) < 4.78 is 25.6. The molecule has 0 aliphatic carbocycles. The number of H-pyrrole nitrogens is 1. The minimum atomic E-state index is -3.38. The molecule has 0 aromatic carbocycles. The van der Waals surface area contributed by atoms with Gasteiger partial charge in [0.15, 0.2) is 5.03 Å². The Kier molecular flexibility index (Phi) is 5.13. The highest BCUT2D eigenvalue weighted by Gasteiger charge is 2.13. The van der Waals surface area contributed by atoms with Crippen LogP contribution < -0.4 is 4.72 Å². The van der Waals surface area contributed by atoms with Crippen molar-refractivity contribution < 1.29 is 8.42 Å². The van der Waals surface area contributed by atoms with Crippen LogP contribution in [0.5, 0.6) is 0 Å². The fourth-order valence-electron chi connectivity index (χ4n) is 1.05. The largest absolute Gasteiger partial charge is 0.335 e. The molecule has 0 unspecified atom stereocenters. The molecule has 7 heteroatoms. The van der Waals surface area contributed by atoms with Gasteiger partial charge in [-0.15, -0.1) is 0 Å². The van der Waals surface area contributed by atoms with E-state index in [9.17, 15) is 8.42 Å². The number of aromatic nitrogens is 2. The molecule has 0 aliphatic rings. The molecule has 1 rings (SSSR count). The molecule has 0 spiro atoms. The molecular weight excluding hydrogens is 234 g/mol. The number of hydrogen-bond acceptors (Lipinski definition) is 4. The van der Waals surface area contributed by atoms with E-state index in [1.165, 1.54) is 12.5 Å². The SMILES string of the molecule is CSCCCCNS(=O)(=O)c1cnc[nH]1. The number of imidazole rings is 1. The van der Waals surface area contributed by atoms with Crippen LogP contribution in [-0.4, -0.2) is 36.9 Å². The lowest BCUT2D eigenvalue weighted by Gasteiger charge is -2.03. The van der Waals surface area contributed by atoms with E-state index in [0.717, 1.165) is 18.6 Å². The van der Waals surface area contributed by atoms with Gasteiger partial charge in [-0.1, -0.05) is 0 Å². The minimum Gasteiger partial charge on any atom is -0.335 e. The lowest BCUT2D eigenvalue weighted by molar-refractivity contribution is 0.575. The van der Waals surface area contributed by atoms with Crippen molar-refractivity contribution in [2.45, 2.75) is 17.9 Å². The Bertz CT molecular complexity index is 361. The zero-order chi connectivity index (χ0) is 11.1. The molecule has 5 nitrogen and oxygen atoms in total. The molecule has 0 fully saturated rings. The first kappa shape index (κ1) is 12.5. The second kappa shape index (κ2) is 6.14. The van der Waals surface area contributed by atoms with Gasteiger partial charge in [0, 0.05) is 6.54 Å². The average molecular weight is 249 g/mol. The van der Waals surface area contributed by atoms with Crippen molar-refractivity contribution in [3.8, 4) is 0 Å². The number of thioether (sulfide) groups is 1. The highest BCUT2D eigenvalue weighted by Crippen LogP contribution is 2.03. The topological polar surface area (TPSA) is 74.8 Å². The molecule has 0 bridgehead atoms.